The van der Waals surface area contributed by atoms with E-state index in [1.165, 1.54) is 24.3 Å². The van der Waals surface area contributed by atoms with Crippen molar-refractivity contribution in [1.82, 2.24) is 0 Å². The fourth-order valence-corrected chi connectivity index (χ4v) is 3.10. The zero-order chi connectivity index (χ0) is 23.8. The Morgan fingerprint density at radius 3 is 1.88 bits per heavy atom. The average molecular weight is 463 g/mol. The number of benzene rings is 3. The third-order valence-electron chi connectivity index (χ3n) is 4.63. The maximum Gasteiger partial charge on any atom is 0.153 e. The summed E-state index contributed by atoms with van der Waals surface area (Å²) in [5.74, 6) is 7.87. The van der Waals surface area contributed by atoms with Crippen LogP contribution in [-0.2, 0) is 0 Å². The van der Waals surface area contributed by atoms with Crippen LogP contribution < -0.4 is 0 Å². The van der Waals surface area contributed by atoms with Crippen LogP contribution in [0.2, 0.25) is 0 Å². The van der Waals surface area contributed by atoms with E-state index in [1.54, 1.807) is 12.1 Å². The van der Waals surface area contributed by atoms with Gasteiger partial charge in [-0.2, -0.15) is 4.99 Å². The predicted octanol–water partition coefficient (Wildman–Crippen LogP) is 7.59. The molecule has 0 aliphatic rings. The molecule has 0 saturated heterocycles. The maximum atomic E-state index is 14.6. The van der Waals surface area contributed by atoms with Crippen LogP contribution in [0.1, 0.15) is 42.9 Å². The second-order valence-electron chi connectivity index (χ2n) is 7.04. The van der Waals surface area contributed by atoms with Gasteiger partial charge in [-0.05, 0) is 60.6 Å². The minimum absolute atomic E-state index is 0.102. The van der Waals surface area contributed by atoms with Crippen LogP contribution in [0, 0.1) is 47.0 Å². The average Bonchev–Trinajstić information content (AvgIpc) is 2.78. The van der Waals surface area contributed by atoms with E-state index in [0.717, 1.165) is 25.0 Å². The summed E-state index contributed by atoms with van der Waals surface area (Å²) < 4.78 is 57.0. The summed E-state index contributed by atoms with van der Waals surface area (Å²) in [6.07, 6.45) is 2.61. The van der Waals surface area contributed by atoms with Crippen molar-refractivity contribution < 1.29 is 17.6 Å². The summed E-state index contributed by atoms with van der Waals surface area (Å²) in [5.41, 5.74) is 0.536. The Balaban J connectivity index is 1.83. The number of unbranched alkanes of at least 4 members (excludes halogenated alkanes) is 2. The lowest BCUT2D eigenvalue weighted by Gasteiger charge is -2.06. The first-order chi connectivity index (χ1) is 15.9. The summed E-state index contributed by atoms with van der Waals surface area (Å²) in [7, 11) is 0. The van der Waals surface area contributed by atoms with Crippen molar-refractivity contribution >= 4 is 23.1 Å². The highest BCUT2D eigenvalue weighted by Gasteiger charge is 2.13. The van der Waals surface area contributed by atoms with Gasteiger partial charge in [0.05, 0.1) is 10.7 Å². The van der Waals surface area contributed by atoms with E-state index in [2.05, 4.69) is 40.9 Å². The molecule has 3 rings (SSSR count). The van der Waals surface area contributed by atoms with E-state index in [0.29, 0.717) is 17.5 Å². The lowest BCUT2D eigenvalue weighted by Crippen LogP contribution is -1.92. The molecule has 164 valence electrons. The molecule has 0 fully saturated rings. The van der Waals surface area contributed by atoms with E-state index < -0.39 is 29.0 Å². The summed E-state index contributed by atoms with van der Waals surface area (Å²) in [4.78, 5) is 3.34. The molecule has 0 saturated carbocycles. The van der Waals surface area contributed by atoms with Gasteiger partial charge in [0.15, 0.2) is 11.6 Å². The smallest absolute Gasteiger partial charge is 0.153 e. The van der Waals surface area contributed by atoms with Gasteiger partial charge in [-0.3, -0.25) is 0 Å². The highest BCUT2D eigenvalue weighted by molar-refractivity contribution is 7.78. The molecule has 0 aliphatic carbocycles. The van der Waals surface area contributed by atoms with Gasteiger partial charge >= 0.3 is 0 Å². The molecule has 3 aromatic carbocycles. The Morgan fingerprint density at radius 2 is 1.30 bits per heavy atom. The van der Waals surface area contributed by atoms with E-state index >= 15 is 0 Å². The number of rotatable bonds is 4. The van der Waals surface area contributed by atoms with Gasteiger partial charge in [-0.25, -0.2) is 17.6 Å². The van der Waals surface area contributed by atoms with E-state index in [1.807, 2.05) is 12.1 Å². The molecule has 0 spiro atoms. The zero-order valence-electron chi connectivity index (χ0n) is 17.6. The second kappa shape index (κ2) is 11.2. The molecule has 0 aromatic heterocycles. The highest BCUT2D eigenvalue weighted by Crippen LogP contribution is 2.27. The number of nitrogens with zero attached hydrogens (tertiary/aromatic N) is 1. The molecular formula is C27H17F4NS. The molecule has 0 unspecified atom stereocenters. The van der Waals surface area contributed by atoms with Crippen LogP contribution in [0.15, 0.2) is 53.5 Å². The third-order valence-corrected chi connectivity index (χ3v) is 4.72. The van der Waals surface area contributed by atoms with Gasteiger partial charge in [-0.15, -0.1) is 0 Å². The molecule has 0 amide bonds. The summed E-state index contributed by atoms with van der Waals surface area (Å²) >= 11 is 4.36. The largest absolute Gasteiger partial charge is 0.206 e. The van der Waals surface area contributed by atoms with Crippen LogP contribution in [-0.4, -0.2) is 5.16 Å². The monoisotopic (exact) mass is 463 g/mol. The first-order valence-corrected chi connectivity index (χ1v) is 10.5. The first-order valence-electron chi connectivity index (χ1n) is 10.1. The molecule has 1 nitrogen and oxygen atoms in total. The van der Waals surface area contributed by atoms with Crippen molar-refractivity contribution in [3.63, 3.8) is 0 Å². The molecule has 0 N–H and O–H groups in total. The first kappa shape index (κ1) is 24.0. The molecule has 6 heteroatoms. The number of isothiocyanates is 1. The van der Waals surface area contributed by atoms with Crippen LogP contribution in [0.4, 0.5) is 23.2 Å². The van der Waals surface area contributed by atoms with E-state index in [-0.39, 0.29) is 16.7 Å². The molecule has 0 aliphatic heterocycles. The Labute approximate surface area is 195 Å². The van der Waals surface area contributed by atoms with Gasteiger partial charge in [0.2, 0.25) is 0 Å². The normalized spacial score (nSPS) is 9.85. The summed E-state index contributed by atoms with van der Waals surface area (Å²) in [6, 6.07) is 10.7. The standard InChI is InChI=1S/C27H17F4NS/c1-2-3-4-5-6-19-13-22(28)26(23(29)14-19)21-11-9-18(10-12-21)7-8-20-15-24(30)27(32-17-33)25(31)16-20/h9-16H,2-4H2,1H3. The van der Waals surface area contributed by atoms with Crippen molar-refractivity contribution in [3.05, 3.63) is 88.5 Å². The highest BCUT2D eigenvalue weighted by atomic mass is 32.1. The molecule has 3 aromatic rings. The molecule has 0 radical (unpaired) electrons. The van der Waals surface area contributed by atoms with Gasteiger partial charge in [-0.1, -0.05) is 49.2 Å². The van der Waals surface area contributed by atoms with Crippen molar-refractivity contribution in [3.8, 4) is 34.8 Å². The zero-order valence-corrected chi connectivity index (χ0v) is 18.4. The number of halogens is 4. The number of aliphatic imine (C=N–C) groups is 1. The fraction of sp³-hybridized carbons (Fsp3) is 0.148. The Morgan fingerprint density at radius 1 is 0.758 bits per heavy atom. The molecule has 0 atom stereocenters. The van der Waals surface area contributed by atoms with Crippen LogP contribution >= 0.6 is 12.2 Å². The molecule has 0 bridgehead atoms. The van der Waals surface area contributed by atoms with Gasteiger partial charge in [0.1, 0.15) is 17.3 Å². The molecular weight excluding hydrogens is 446 g/mol. The summed E-state index contributed by atoms with van der Waals surface area (Å²) in [6.45, 7) is 2.04. The van der Waals surface area contributed by atoms with E-state index in [4.69, 9.17) is 0 Å². The van der Waals surface area contributed by atoms with Crippen LogP contribution in [0.3, 0.4) is 0 Å². The topological polar surface area (TPSA) is 12.4 Å². The number of thiocarbonyl (C=S) groups is 1. The SMILES string of the molecule is CCCCC#Cc1cc(F)c(-c2ccc(C#Cc3cc(F)c(N=C=S)c(F)c3)cc2)c(F)c1. The van der Waals surface area contributed by atoms with E-state index in [9.17, 15) is 17.6 Å². The van der Waals surface area contributed by atoms with Crippen molar-refractivity contribution in [2.45, 2.75) is 26.2 Å². The number of hydrogen-bond acceptors (Lipinski definition) is 2. The lowest BCUT2D eigenvalue weighted by atomic mass is 10.0. The lowest BCUT2D eigenvalue weighted by molar-refractivity contribution is 0.587. The minimum atomic E-state index is -0.906. The molecule has 33 heavy (non-hydrogen) atoms. The Kier molecular flexibility index (Phi) is 8.17. The third kappa shape index (κ3) is 6.18. The van der Waals surface area contributed by atoms with Gasteiger partial charge in [0.25, 0.3) is 0 Å². The van der Waals surface area contributed by atoms with Crippen molar-refractivity contribution in [1.29, 1.82) is 0 Å². The quantitative estimate of drug-likeness (QED) is 0.128. The second-order valence-corrected chi connectivity index (χ2v) is 7.22. The van der Waals surface area contributed by atoms with Crippen LogP contribution in [0.25, 0.3) is 11.1 Å². The van der Waals surface area contributed by atoms with Crippen LogP contribution in [0.5, 0.6) is 0 Å². The van der Waals surface area contributed by atoms with Gasteiger partial charge in [0, 0.05) is 23.1 Å². The van der Waals surface area contributed by atoms with Gasteiger partial charge < -0.3 is 0 Å². The fourth-order valence-electron chi connectivity index (χ4n) is 3.01. The number of hydrogen-bond donors (Lipinski definition) is 0. The minimum Gasteiger partial charge on any atom is -0.206 e. The Hall–Kier alpha value is -3.70. The van der Waals surface area contributed by atoms with Crippen molar-refractivity contribution in [2.75, 3.05) is 0 Å². The molecule has 0 heterocycles. The maximum absolute atomic E-state index is 14.6. The summed E-state index contributed by atoms with van der Waals surface area (Å²) in [5, 5.41) is 1.92. The Bertz CT molecular complexity index is 1300. The van der Waals surface area contributed by atoms with Crippen molar-refractivity contribution in [2.24, 2.45) is 4.99 Å². The predicted molar refractivity (Wildman–Crippen MR) is 125 cm³/mol.